The fourth-order valence-corrected chi connectivity index (χ4v) is 3.46. The topological polar surface area (TPSA) is 64.6 Å². The average molecular weight is 400 g/mol. The van der Waals surface area contributed by atoms with E-state index < -0.39 is 10.0 Å². The second-order valence-corrected chi connectivity index (χ2v) is 7.45. The minimum absolute atomic E-state index is 0.215. The maximum atomic E-state index is 12.2. The third-order valence-electron chi connectivity index (χ3n) is 3.05. The Balaban J connectivity index is 1.95. The summed E-state index contributed by atoms with van der Waals surface area (Å²) in [5, 5.41) is 0. The van der Waals surface area contributed by atoms with Gasteiger partial charge < -0.3 is 9.47 Å². The van der Waals surface area contributed by atoms with Gasteiger partial charge in [0.25, 0.3) is 0 Å². The molecule has 0 aliphatic rings. The lowest BCUT2D eigenvalue weighted by Crippen LogP contribution is -2.23. The number of halogens is 1. The molecule has 5 nitrogen and oxygen atoms in total. The molecule has 2 aromatic carbocycles. The molecule has 0 radical (unpaired) electrons. The normalized spacial score (nSPS) is 11.4. The molecule has 0 aromatic heterocycles. The molecule has 0 unspecified atom stereocenters. The number of hydrogen-bond acceptors (Lipinski definition) is 4. The van der Waals surface area contributed by atoms with Crippen molar-refractivity contribution in [2.45, 2.75) is 11.4 Å². The maximum Gasteiger partial charge on any atom is 0.240 e. The Hall–Kier alpha value is -1.41. The Kier molecular flexibility index (Phi) is 6.59. The van der Waals surface area contributed by atoms with E-state index in [2.05, 4.69) is 20.7 Å². The number of hydrogen-bond donors (Lipinski definition) is 1. The summed E-state index contributed by atoms with van der Waals surface area (Å²) < 4.78 is 38.1. The maximum absolute atomic E-state index is 12.2. The summed E-state index contributed by atoms with van der Waals surface area (Å²) in [5.41, 5.74) is 0.850. The van der Waals surface area contributed by atoms with Crippen LogP contribution in [0.4, 0.5) is 0 Å². The zero-order valence-corrected chi connectivity index (χ0v) is 15.1. The monoisotopic (exact) mass is 399 g/mol. The molecule has 0 aliphatic carbocycles. The van der Waals surface area contributed by atoms with Crippen LogP contribution in [0.3, 0.4) is 0 Å². The van der Waals surface area contributed by atoms with Gasteiger partial charge in [-0.15, -0.1) is 0 Å². The number of ether oxygens (including phenoxy) is 2. The Bertz CT molecular complexity index is 732. The molecule has 0 aliphatic heterocycles. The Morgan fingerprint density at radius 3 is 2.48 bits per heavy atom. The fourth-order valence-electron chi connectivity index (χ4n) is 1.84. The minimum Gasteiger partial charge on any atom is -0.491 e. The first kappa shape index (κ1) is 17.9. The standard InChI is InChI=1S/C16H18BrNO4S/c1-21-9-10-22-15-7-5-13(6-8-15)12-18-23(19,20)16-4-2-3-14(17)11-16/h2-8,11,18H,9-10,12H2,1H3. The molecule has 2 aromatic rings. The summed E-state index contributed by atoms with van der Waals surface area (Å²) >= 11 is 3.27. The molecule has 0 amide bonds. The number of nitrogens with one attached hydrogen (secondary N) is 1. The van der Waals surface area contributed by atoms with Crippen LogP contribution in [0.15, 0.2) is 57.9 Å². The first-order valence-corrected chi connectivity index (χ1v) is 9.25. The summed E-state index contributed by atoms with van der Waals surface area (Å²) in [6, 6.07) is 13.8. The largest absolute Gasteiger partial charge is 0.491 e. The van der Waals surface area contributed by atoms with Gasteiger partial charge in [-0.1, -0.05) is 34.1 Å². The number of rotatable bonds is 8. The highest BCUT2D eigenvalue weighted by atomic mass is 79.9. The summed E-state index contributed by atoms with van der Waals surface area (Å²) in [6.45, 7) is 1.22. The van der Waals surface area contributed by atoms with Gasteiger partial charge in [-0.3, -0.25) is 0 Å². The van der Waals surface area contributed by atoms with Crippen LogP contribution >= 0.6 is 15.9 Å². The quantitative estimate of drug-likeness (QED) is 0.693. The highest BCUT2D eigenvalue weighted by Crippen LogP contribution is 2.17. The van der Waals surface area contributed by atoms with Crippen LogP contribution in [0.1, 0.15) is 5.56 Å². The van der Waals surface area contributed by atoms with E-state index in [0.29, 0.717) is 13.2 Å². The Morgan fingerprint density at radius 2 is 1.83 bits per heavy atom. The predicted octanol–water partition coefficient (Wildman–Crippen LogP) is 2.95. The molecule has 0 bridgehead atoms. The highest BCUT2D eigenvalue weighted by Gasteiger charge is 2.13. The van der Waals surface area contributed by atoms with E-state index in [1.807, 2.05) is 12.1 Å². The van der Waals surface area contributed by atoms with Crippen LogP contribution in [0, 0.1) is 0 Å². The van der Waals surface area contributed by atoms with Gasteiger partial charge in [-0.25, -0.2) is 13.1 Å². The molecule has 0 saturated carbocycles. The second kappa shape index (κ2) is 8.44. The molecule has 0 fully saturated rings. The van der Waals surface area contributed by atoms with E-state index >= 15 is 0 Å². The van der Waals surface area contributed by atoms with E-state index in [1.165, 1.54) is 0 Å². The van der Waals surface area contributed by atoms with E-state index in [4.69, 9.17) is 9.47 Å². The molecule has 0 atom stereocenters. The van der Waals surface area contributed by atoms with E-state index in [9.17, 15) is 8.42 Å². The van der Waals surface area contributed by atoms with Gasteiger partial charge in [0.2, 0.25) is 10.0 Å². The summed E-state index contributed by atoms with van der Waals surface area (Å²) in [6.07, 6.45) is 0. The van der Waals surface area contributed by atoms with E-state index in [1.54, 1.807) is 43.5 Å². The van der Waals surface area contributed by atoms with Gasteiger partial charge in [0.05, 0.1) is 11.5 Å². The Labute approximate surface area is 144 Å². The number of sulfonamides is 1. The molecule has 0 saturated heterocycles. The van der Waals surface area contributed by atoms with Gasteiger partial charge >= 0.3 is 0 Å². The van der Waals surface area contributed by atoms with Crippen molar-refractivity contribution in [1.29, 1.82) is 0 Å². The SMILES string of the molecule is COCCOc1ccc(CNS(=O)(=O)c2cccc(Br)c2)cc1. The predicted molar refractivity (Wildman–Crippen MR) is 92.0 cm³/mol. The number of benzene rings is 2. The third kappa shape index (κ3) is 5.62. The average Bonchev–Trinajstić information content (AvgIpc) is 2.54. The second-order valence-electron chi connectivity index (χ2n) is 4.77. The zero-order valence-electron chi connectivity index (χ0n) is 12.7. The summed E-state index contributed by atoms with van der Waals surface area (Å²) in [7, 11) is -1.92. The number of methoxy groups -OCH3 is 1. The van der Waals surface area contributed by atoms with Crippen molar-refractivity contribution < 1.29 is 17.9 Å². The van der Waals surface area contributed by atoms with Crippen molar-refractivity contribution in [2.75, 3.05) is 20.3 Å². The first-order chi connectivity index (χ1) is 11.0. The van der Waals surface area contributed by atoms with Crippen LogP contribution < -0.4 is 9.46 Å². The van der Waals surface area contributed by atoms with Crippen LogP contribution in [-0.4, -0.2) is 28.7 Å². The smallest absolute Gasteiger partial charge is 0.240 e. The van der Waals surface area contributed by atoms with Crippen molar-refractivity contribution in [1.82, 2.24) is 4.72 Å². The van der Waals surface area contributed by atoms with Crippen molar-refractivity contribution in [3.63, 3.8) is 0 Å². The summed E-state index contributed by atoms with van der Waals surface area (Å²) in [5.74, 6) is 0.723. The van der Waals surface area contributed by atoms with Crippen molar-refractivity contribution in [3.05, 3.63) is 58.6 Å². The van der Waals surface area contributed by atoms with E-state index in [0.717, 1.165) is 15.8 Å². The zero-order chi connectivity index (χ0) is 16.7. The first-order valence-electron chi connectivity index (χ1n) is 6.97. The van der Waals surface area contributed by atoms with Crippen LogP contribution in [0.5, 0.6) is 5.75 Å². The molecule has 124 valence electrons. The highest BCUT2D eigenvalue weighted by molar-refractivity contribution is 9.10. The van der Waals surface area contributed by atoms with Gasteiger partial charge in [0.1, 0.15) is 12.4 Å². The molecule has 0 heterocycles. The molecule has 2 rings (SSSR count). The molecule has 7 heteroatoms. The van der Waals surface area contributed by atoms with Crippen LogP contribution in [0.2, 0.25) is 0 Å². The van der Waals surface area contributed by atoms with Gasteiger partial charge in [-0.05, 0) is 35.9 Å². The lowest BCUT2D eigenvalue weighted by molar-refractivity contribution is 0.146. The van der Waals surface area contributed by atoms with Crippen molar-refractivity contribution in [2.24, 2.45) is 0 Å². The van der Waals surface area contributed by atoms with E-state index in [-0.39, 0.29) is 11.4 Å². The molecule has 1 N–H and O–H groups in total. The lowest BCUT2D eigenvalue weighted by atomic mass is 10.2. The molecular formula is C16H18BrNO4S. The molecule has 0 spiro atoms. The van der Waals surface area contributed by atoms with Crippen LogP contribution in [0.25, 0.3) is 0 Å². The van der Waals surface area contributed by atoms with Crippen molar-refractivity contribution in [3.8, 4) is 5.75 Å². The van der Waals surface area contributed by atoms with Crippen molar-refractivity contribution >= 4 is 26.0 Å². The lowest BCUT2D eigenvalue weighted by Gasteiger charge is -2.09. The van der Waals surface area contributed by atoms with Gasteiger partial charge in [-0.2, -0.15) is 0 Å². The Morgan fingerprint density at radius 1 is 1.09 bits per heavy atom. The minimum atomic E-state index is -3.54. The fraction of sp³-hybridized carbons (Fsp3) is 0.250. The van der Waals surface area contributed by atoms with Gasteiger partial charge in [0.15, 0.2) is 0 Å². The third-order valence-corrected chi connectivity index (χ3v) is 4.94. The summed E-state index contributed by atoms with van der Waals surface area (Å²) in [4.78, 5) is 0.228. The molecular weight excluding hydrogens is 382 g/mol. The van der Waals surface area contributed by atoms with Gasteiger partial charge in [0, 0.05) is 18.1 Å². The van der Waals surface area contributed by atoms with Crippen LogP contribution in [-0.2, 0) is 21.3 Å². The molecule has 23 heavy (non-hydrogen) atoms.